The van der Waals surface area contributed by atoms with Gasteiger partial charge in [-0.05, 0) is 29.8 Å². The summed E-state index contributed by atoms with van der Waals surface area (Å²) in [6.45, 7) is 0.00443. The Morgan fingerprint density at radius 3 is 2.68 bits per heavy atom. The molecule has 100 valence electrons. The molecule has 0 fully saturated rings. The van der Waals surface area contributed by atoms with Gasteiger partial charge in [-0.1, -0.05) is 12.1 Å². The van der Waals surface area contributed by atoms with E-state index in [1.54, 1.807) is 6.07 Å². The molecule has 7 heteroatoms. The van der Waals surface area contributed by atoms with Crippen molar-refractivity contribution in [3.05, 3.63) is 54.0 Å². The van der Waals surface area contributed by atoms with Gasteiger partial charge in [-0.25, -0.2) is 22.5 Å². The Kier molecular flexibility index (Phi) is 3.77. The summed E-state index contributed by atoms with van der Waals surface area (Å²) in [6, 6.07) is 8.47. The number of nitrogens with one attached hydrogen (secondary N) is 1. The fourth-order valence-corrected chi connectivity index (χ4v) is 2.42. The molecule has 0 aliphatic heterocycles. The molecule has 0 aliphatic carbocycles. The van der Waals surface area contributed by atoms with Crippen LogP contribution in [0.5, 0.6) is 0 Å². The molecule has 0 atom stereocenters. The van der Waals surface area contributed by atoms with Crippen molar-refractivity contribution >= 4 is 15.8 Å². The zero-order valence-electron chi connectivity index (χ0n) is 9.88. The fourth-order valence-electron chi connectivity index (χ4n) is 1.46. The largest absolute Gasteiger partial charge is 0.384 e. The molecule has 0 aliphatic rings. The van der Waals surface area contributed by atoms with Crippen molar-refractivity contribution in [1.29, 1.82) is 0 Å². The van der Waals surface area contributed by atoms with Gasteiger partial charge in [-0.2, -0.15) is 0 Å². The Morgan fingerprint density at radius 2 is 2.05 bits per heavy atom. The van der Waals surface area contributed by atoms with Crippen molar-refractivity contribution < 1.29 is 12.8 Å². The van der Waals surface area contributed by atoms with Crippen molar-refractivity contribution in [2.24, 2.45) is 0 Å². The molecule has 3 N–H and O–H groups in total. The average Bonchev–Trinajstić information content (AvgIpc) is 2.37. The van der Waals surface area contributed by atoms with Crippen molar-refractivity contribution in [1.82, 2.24) is 9.71 Å². The monoisotopic (exact) mass is 281 g/mol. The van der Waals surface area contributed by atoms with Crippen LogP contribution in [-0.2, 0) is 16.6 Å². The van der Waals surface area contributed by atoms with Crippen LogP contribution in [0.4, 0.5) is 10.2 Å². The number of nitrogen functional groups attached to an aromatic ring is 1. The van der Waals surface area contributed by atoms with Gasteiger partial charge in [-0.15, -0.1) is 0 Å². The number of nitrogens with zero attached hydrogens (tertiary/aromatic N) is 1. The van der Waals surface area contributed by atoms with Crippen LogP contribution in [0.15, 0.2) is 47.5 Å². The third kappa shape index (κ3) is 3.49. The van der Waals surface area contributed by atoms with Gasteiger partial charge in [0.1, 0.15) is 16.5 Å². The normalized spacial score (nSPS) is 11.4. The summed E-state index contributed by atoms with van der Waals surface area (Å²) in [4.78, 5) is 3.73. The van der Waals surface area contributed by atoms with Gasteiger partial charge >= 0.3 is 0 Å². The average molecular weight is 281 g/mol. The first-order valence-corrected chi connectivity index (χ1v) is 6.91. The summed E-state index contributed by atoms with van der Waals surface area (Å²) in [5.74, 6) is -0.171. The molecule has 0 bridgehead atoms. The highest BCUT2D eigenvalue weighted by Gasteiger charge is 2.13. The highest BCUT2D eigenvalue weighted by molar-refractivity contribution is 7.89. The predicted molar refractivity (Wildman–Crippen MR) is 69.1 cm³/mol. The standard InChI is InChI=1S/C12H12FN3O2S/c13-10-3-1-2-9(6-10)7-16-19(17,18)11-4-5-12(14)15-8-11/h1-6,8,16H,7H2,(H2,14,15). The maximum Gasteiger partial charge on any atom is 0.242 e. The Balaban J connectivity index is 2.12. The summed E-state index contributed by atoms with van der Waals surface area (Å²) in [5.41, 5.74) is 5.92. The minimum absolute atomic E-state index is 0.00443. The van der Waals surface area contributed by atoms with Crippen LogP contribution in [-0.4, -0.2) is 13.4 Å². The molecule has 1 aromatic carbocycles. The van der Waals surface area contributed by atoms with Gasteiger partial charge in [0.25, 0.3) is 0 Å². The highest BCUT2D eigenvalue weighted by Crippen LogP contribution is 2.10. The predicted octanol–water partition coefficient (Wildman–Crippen LogP) is 1.28. The molecule has 0 unspecified atom stereocenters. The van der Waals surface area contributed by atoms with Crippen LogP contribution in [0.2, 0.25) is 0 Å². The molecule has 19 heavy (non-hydrogen) atoms. The molecule has 0 saturated carbocycles. The van der Waals surface area contributed by atoms with Gasteiger partial charge in [0.2, 0.25) is 10.0 Å². The quantitative estimate of drug-likeness (QED) is 0.884. The molecule has 1 heterocycles. The Morgan fingerprint density at radius 1 is 1.26 bits per heavy atom. The smallest absolute Gasteiger partial charge is 0.242 e. The number of halogens is 1. The van der Waals surface area contributed by atoms with E-state index in [9.17, 15) is 12.8 Å². The molecule has 0 radical (unpaired) electrons. The van der Waals surface area contributed by atoms with Crippen LogP contribution < -0.4 is 10.5 Å². The van der Waals surface area contributed by atoms with E-state index in [0.717, 1.165) is 0 Å². The van der Waals surface area contributed by atoms with Gasteiger partial charge in [0.15, 0.2) is 0 Å². The molecule has 2 rings (SSSR count). The second-order valence-corrected chi connectivity index (χ2v) is 5.64. The first-order valence-electron chi connectivity index (χ1n) is 5.43. The third-order valence-electron chi connectivity index (χ3n) is 2.42. The van der Waals surface area contributed by atoms with E-state index in [0.29, 0.717) is 5.56 Å². The Hall–Kier alpha value is -1.99. The summed E-state index contributed by atoms with van der Waals surface area (Å²) < 4.78 is 39.1. The lowest BCUT2D eigenvalue weighted by Crippen LogP contribution is -2.23. The summed E-state index contributed by atoms with van der Waals surface area (Å²) in [5, 5.41) is 0. The maximum atomic E-state index is 13.0. The Bertz CT molecular complexity index is 672. The topological polar surface area (TPSA) is 85.1 Å². The minimum atomic E-state index is -3.68. The fraction of sp³-hybridized carbons (Fsp3) is 0.0833. The van der Waals surface area contributed by atoms with E-state index in [1.807, 2.05) is 0 Å². The van der Waals surface area contributed by atoms with Gasteiger partial charge in [0.05, 0.1) is 0 Å². The second-order valence-electron chi connectivity index (χ2n) is 3.87. The Labute approximate surface area is 110 Å². The SMILES string of the molecule is Nc1ccc(S(=O)(=O)NCc2cccc(F)c2)cn1. The second kappa shape index (κ2) is 5.33. The van der Waals surface area contributed by atoms with Crippen molar-refractivity contribution in [2.45, 2.75) is 11.4 Å². The zero-order chi connectivity index (χ0) is 13.9. The minimum Gasteiger partial charge on any atom is -0.384 e. The summed E-state index contributed by atoms with van der Waals surface area (Å²) in [6.07, 6.45) is 1.17. The van der Waals surface area contributed by atoms with Crippen molar-refractivity contribution in [2.75, 3.05) is 5.73 Å². The zero-order valence-corrected chi connectivity index (χ0v) is 10.7. The summed E-state index contributed by atoms with van der Waals surface area (Å²) in [7, 11) is -3.68. The van der Waals surface area contributed by atoms with Crippen molar-refractivity contribution in [3.8, 4) is 0 Å². The first kappa shape index (κ1) is 13.4. The molecular weight excluding hydrogens is 269 g/mol. The number of sulfonamides is 1. The number of hydrogen-bond acceptors (Lipinski definition) is 4. The van der Waals surface area contributed by atoms with E-state index in [4.69, 9.17) is 5.73 Å². The summed E-state index contributed by atoms with van der Waals surface area (Å²) >= 11 is 0. The number of anilines is 1. The van der Waals surface area contributed by atoms with Gasteiger partial charge < -0.3 is 5.73 Å². The van der Waals surface area contributed by atoms with E-state index in [-0.39, 0.29) is 17.3 Å². The lowest BCUT2D eigenvalue weighted by molar-refractivity contribution is 0.580. The van der Waals surface area contributed by atoms with Crippen LogP contribution >= 0.6 is 0 Å². The molecule has 5 nitrogen and oxygen atoms in total. The van der Waals surface area contributed by atoms with E-state index in [1.165, 1.54) is 36.5 Å². The molecule has 0 amide bonds. The van der Waals surface area contributed by atoms with Crippen LogP contribution in [0.1, 0.15) is 5.56 Å². The molecule has 2 aromatic rings. The number of nitrogens with two attached hydrogens (primary N) is 1. The lowest BCUT2D eigenvalue weighted by Gasteiger charge is -2.06. The number of pyridine rings is 1. The van der Waals surface area contributed by atoms with Crippen molar-refractivity contribution in [3.63, 3.8) is 0 Å². The highest BCUT2D eigenvalue weighted by atomic mass is 32.2. The van der Waals surface area contributed by atoms with Crippen LogP contribution in [0.3, 0.4) is 0 Å². The third-order valence-corrected chi connectivity index (χ3v) is 3.81. The van der Waals surface area contributed by atoms with E-state index < -0.39 is 15.8 Å². The van der Waals surface area contributed by atoms with Gasteiger partial charge in [0, 0.05) is 12.7 Å². The lowest BCUT2D eigenvalue weighted by atomic mass is 10.2. The molecular formula is C12H12FN3O2S. The molecule has 0 spiro atoms. The number of rotatable bonds is 4. The number of aromatic nitrogens is 1. The van der Waals surface area contributed by atoms with Crippen LogP contribution in [0.25, 0.3) is 0 Å². The maximum absolute atomic E-state index is 13.0. The number of benzene rings is 1. The first-order chi connectivity index (χ1) is 8.97. The number of hydrogen-bond donors (Lipinski definition) is 2. The van der Waals surface area contributed by atoms with E-state index >= 15 is 0 Å². The molecule has 1 aromatic heterocycles. The molecule has 0 saturated heterocycles. The van der Waals surface area contributed by atoms with Gasteiger partial charge in [-0.3, -0.25) is 0 Å². The van der Waals surface area contributed by atoms with Crippen LogP contribution in [0, 0.1) is 5.82 Å². The van der Waals surface area contributed by atoms with E-state index in [2.05, 4.69) is 9.71 Å².